The summed E-state index contributed by atoms with van der Waals surface area (Å²) in [5.41, 5.74) is 12.5. The molecule has 0 saturated heterocycles. The van der Waals surface area contributed by atoms with Gasteiger partial charge in [0.25, 0.3) is 17.1 Å². The van der Waals surface area contributed by atoms with E-state index in [0.717, 1.165) is 51.9 Å². The summed E-state index contributed by atoms with van der Waals surface area (Å²) in [6, 6.07) is 26.6. The molecule has 63 heavy (non-hydrogen) atoms. The predicted molar refractivity (Wildman–Crippen MR) is 260 cm³/mol. The summed E-state index contributed by atoms with van der Waals surface area (Å²) in [6.07, 6.45) is 2.80. The highest BCUT2D eigenvalue weighted by Gasteiger charge is 2.21. The molecule has 4 N–H and O–H groups in total. The number of nitrogen functional groups attached to an aromatic ring is 1. The molecule has 0 aliphatic rings. The number of carbonyl (C=O) groups is 1. The maximum atomic E-state index is 13.0. The molecule has 0 amide bonds. The minimum atomic E-state index is -3.48. The van der Waals surface area contributed by atoms with Crippen molar-refractivity contribution < 1.29 is 18.3 Å². The van der Waals surface area contributed by atoms with Crippen molar-refractivity contribution in [2.45, 2.75) is 60.7 Å². The summed E-state index contributed by atoms with van der Waals surface area (Å²) >= 11 is 14.6. The zero-order valence-electron chi connectivity index (χ0n) is 33.7. The van der Waals surface area contributed by atoms with Crippen LogP contribution in [0.3, 0.4) is 0 Å². The van der Waals surface area contributed by atoms with Gasteiger partial charge < -0.3 is 16.2 Å². The third kappa shape index (κ3) is 12.4. The first-order valence-electron chi connectivity index (χ1n) is 18.3. The monoisotopic (exact) mass is 950 g/mol. The van der Waals surface area contributed by atoms with Gasteiger partial charge in [0.1, 0.15) is 22.1 Å². The lowest BCUT2D eigenvalue weighted by molar-refractivity contribution is -0.134. The quantitative estimate of drug-likeness (QED) is 0.133. The second-order valence-electron chi connectivity index (χ2n) is 13.2. The van der Waals surface area contributed by atoms with E-state index >= 15 is 0 Å². The molecule has 19 heteroatoms. The van der Waals surface area contributed by atoms with Gasteiger partial charge in [-0.1, -0.05) is 128 Å². The molecule has 0 aliphatic carbocycles. The molecule has 0 aliphatic heterocycles. The standard InChI is InChI=1S/C19H15ClN4OS.C14H12ClN3O3S2.C7H9N.C2H4O2.2CH4/c1-11-6-3-4-9-14(11)22-19-23-17-16(26-19)18(25)24(10-21-17)15-12(2)7-5-8-13(15)20;1-3-23(20,21)14-17-12-11(22-14)13(19)18(7-16-12)10-8(2)5-4-6-9(10)15;1-6-4-2-3-5-7(6)8;1-2(3)4;;/h3-10H,1-2H3,(H,22,23);4-7H,3H2,1-2H3;2-5H,8H2,1H3;1H3,(H,3,4);2*1H4. The van der Waals surface area contributed by atoms with Gasteiger partial charge in [0.05, 0.1) is 27.2 Å². The number of anilines is 3. The number of nitrogens with one attached hydrogen (secondary N) is 1. The van der Waals surface area contributed by atoms with Gasteiger partial charge in [-0.05, 0) is 74.2 Å². The fourth-order valence-electron chi connectivity index (χ4n) is 5.51. The molecule has 0 radical (unpaired) electrons. The Hall–Kier alpha value is -5.98. The Balaban J connectivity index is 0.000000261. The summed E-state index contributed by atoms with van der Waals surface area (Å²) in [5.74, 6) is -0.912. The van der Waals surface area contributed by atoms with Crippen molar-refractivity contribution in [3.05, 3.63) is 151 Å². The topological polar surface area (TPSA) is 205 Å². The molecule has 8 rings (SSSR count). The van der Waals surface area contributed by atoms with E-state index in [-0.39, 0.29) is 46.4 Å². The molecule has 0 atom stereocenters. The van der Waals surface area contributed by atoms with Crippen molar-refractivity contribution in [2.24, 2.45) is 0 Å². The van der Waals surface area contributed by atoms with Gasteiger partial charge in [0, 0.05) is 18.3 Å². The van der Waals surface area contributed by atoms with Gasteiger partial charge in [-0.25, -0.2) is 23.4 Å². The fourth-order valence-corrected chi connectivity index (χ4v) is 9.26. The lowest BCUT2D eigenvalue weighted by atomic mass is 10.2. The van der Waals surface area contributed by atoms with Crippen LogP contribution in [0, 0.1) is 27.7 Å². The number of aryl methyl sites for hydroxylation is 4. The number of nitrogens with two attached hydrogens (primary N) is 1. The lowest BCUT2D eigenvalue weighted by Gasteiger charge is -2.10. The van der Waals surface area contributed by atoms with E-state index in [1.807, 2.05) is 94.4 Å². The third-order valence-electron chi connectivity index (χ3n) is 8.70. The molecular formula is C44H48Cl2N8O6S3. The predicted octanol–water partition coefficient (Wildman–Crippen LogP) is 10.4. The molecule has 4 aromatic heterocycles. The molecular weight excluding hydrogens is 904 g/mol. The minimum absolute atomic E-state index is 0. The first-order valence-corrected chi connectivity index (χ1v) is 22.3. The SMILES string of the molecule is C.C.CC(=O)O.CCS(=O)(=O)c1nc2ncn(-c3c(C)cccc3Cl)c(=O)c2s1.Cc1ccccc1N.Cc1ccccc1Nc1nc2ncn(-c3c(C)cccc3Cl)c(=O)c2s1. The molecule has 0 fully saturated rings. The molecule has 4 heterocycles. The average molecular weight is 952 g/mol. The van der Waals surface area contributed by atoms with E-state index < -0.39 is 15.8 Å². The molecule has 0 saturated carbocycles. The molecule has 0 bridgehead atoms. The van der Waals surface area contributed by atoms with Gasteiger partial charge in [-0.15, -0.1) is 0 Å². The number of fused-ring (bicyclic) bond motifs is 2. The van der Waals surface area contributed by atoms with Crippen LogP contribution in [-0.4, -0.2) is 54.3 Å². The Morgan fingerprint density at radius 3 is 1.60 bits per heavy atom. The maximum absolute atomic E-state index is 13.0. The Bertz CT molecular complexity index is 3050. The Morgan fingerprint density at radius 2 is 1.16 bits per heavy atom. The number of thiazole rings is 2. The molecule has 4 aromatic carbocycles. The van der Waals surface area contributed by atoms with Gasteiger partial charge in [0.15, 0.2) is 16.4 Å². The minimum Gasteiger partial charge on any atom is -0.481 e. The van der Waals surface area contributed by atoms with E-state index in [2.05, 4.69) is 25.3 Å². The number of carboxylic acids is 1. The van der Waals surface area contributed by atoms with Crippen LogP contribution in [-0.2, 0) is 14.6 Å². The van der Waals surface area contributed by atoms with Crippen molar-refractivity contribution in [3.8, 4) is 11.4 Å². The number of hydrogen-bond acceptors (Lipinski definition) is 13. The van der Waals surface area contributed by atoms with Crippen LogP contribution in [0.15, 0.2) is 112 Å². The van der Waals surface area contributed by atoms with Crippen LogP contribution in [0.1, 0.15) is 51.0 Å². The Labute approximate surface area is 383 Å². The van der Waals surface area contributed by atoms with E-state index in [4.69, 9.17) is 38.8 Å². The number of aliphatic carboxylic acids is 1. The lowest BCUT2D eigenvalue weighted by Crippen LogP contribution is -2.19. The fraction of sp³-hybridized carbons (Fsp3) is 0.205. The number of para-hydroxylation sites is 4. The summed E-state index contributed by atoms with van der Waals surface area (Å²) < 4.78 is 27.3. The van der Waals surface area contributed by atoms with Gasteiger partial charge in [-0.3, -0.25) is 23.5 Å². The summed E-state index contributed by atoms with van der Waals surface area (Å²) in [6.45, 7) is 10.4. The van der Waals surface area contributed by atoms with E-state index in [1.54, 1.807) is 18.2 Å². The van der Waals surface area contributed by atoms with Crippen LogP contribution < -0.4 is 22.2 Å². The van der Waals surface area contributed by atoms with Crippen LogP contribution in [0.2, 0.25) is 10.0 Å². The van der Waals surface area contributed by atoms with E-state index in [1.165, 1.54) is 40.0 Å². The number of carboxylic acid groups (broad SMARTS) is 1. The van der Waals surface area contributed by atoms with Crippen molar-refractivity contribution in [1.29, 1.82) is 0 Å². The van der Waals surface area contributed by atoms with Crippen molar-refractivity contribution in [3.63, 3.8) is 0 Å². The normalized spacial score (nSPS) is 10.5. The molecule has 0 spiro atoms. The number of benzene rings is 4. The van der Waals surface area contributed by atoms with Crippen molar-refractivity contribution >= 4 is 98.9 Å². The van der Waals surface area contributed by atoms with Gasteiger partial charge in [0.2, 0.25) is 14.2 Å². The van der Waals surface area contributed by atoms with Gasteiger partial charge >= 0.3 is 0 Å². The van der Waals surface area contributed by atoms with E-state index in [0.29, 0.717) is 36.9 Å². The summed E-state index contributed by atoms with van der Waals surface area (Å²) in [5, 5.41) is 12.2. The first-order chi connectivity index (χ1) is 28.9. The zero-order valence-corrected chi connectivity index (χ0v) is 37.6. The number of aromatic nitrogens is 6. The smallest absolute Gasteiger partial charge is 0.300 e. The van der Waals surface area contributed by atoms with E-state index in [9.17, 15) is 18.0 Å². The third-order valence-corrected chi connectivity index (χ3v) is 13.5. The van der Waals surface area contributed by atoms with Crippen molar-refractivity contribution in [2.75, 3.05) is 16.8 Å². The molecule has 332 valence electrons. The molecule has 0 unspecified atom stereocenters. The number of nitrogens with zero attached hydrogens (tertiary/aromatic N) is 6. The summed E-state index contributed by atoms with van der Waals surface area (Å²) in [7, 11) is -3.48. The highest BCUT2D eigenvalue weighted by Crippen LogP contribution is 2.29. The largest absolute Gasteiger partial charge is 0.481 e. The van der Waals surface area contributed by atoms with Crippen LogP contribution in [0.25, 0.3) is 32.1 Å². The highest BCUT2D eigenvalue weighted by molar-refractivity contribution is 7.93. The van der Waals surface area contributed by atoms with Crippen LogP contribution in [0.5, 0.6) is 0 Å². The second-order valence-corrected chi connectivity index (χ2v) is 18.4. The number of rotatable bonds is 6. The van der Waals surface area contributed by atoms with Gasteiger partial charge in [-0.2, -0.15) is 4.98 Å². The number of halogens is 2. The second kappa shape index (κ2) is 22.4. The number of sulfone groups is 1. The highest BCUT2D eigenvalue weighted by atomic mass is 35.5. The molecule has 8 aromatic rings. The average Bonchev–Trinajstić information content (AvgIpc) is 3.85. The van der Waals surface area contributed by atoms with Crippen LogP contribution >= 0.6 is 45.9 Å². The molecule has 14 nitrogen and oxygen atoms in total. The number of hydrogen-bond donors (Lipinski definition) is 3. The Kier molecular flexibility index (Phi) is 18.3. The van der Waals surface area contributed by atoms with Crippen LogP contribution in [0.4, 0.5) is 16.5 Å². The Morgan fingerprint density at radius 1 is 0.714 bits per heavy atom. The van der Waals surface area contributed by atoms with Crippen molar-refractivity contribution in [1.82, 2.24) is 29.1 Å². The zero-order chi connectivity index (χ0) is 44.6. The summed E-state index contributed by atoms with van der Waals surface area (Å²) in [4.78, 5) is 51.5. The first kappa shape index (κ1) is 51.4. The maximum Gasteiger partial charge on any atom is 0.300 e.